The van der Waals surface area contributed by atoms with Crippen molar-refractivity contribution in [1.29, 1.82) is 0 Å². The second-order valence-corrected chi connectivity index (χ2v) is 2.53. The molecule has 1 heterocycles. The zero-order chi connectivity index (χ0) is 8.10. The summed E-state index contributed by atoms with van der Waals surface area (Å²) in [6.45, 7) is 4.32. The molecule has 0 fully saturated rings. The Morgan fingerprint density at radius 3 is 2.73 bits per heavy atom. The molecule has 3 heteroatoms. The fourth-order valence-electron chi connectivity index (χ4n) is 0.963. The van der Waals surface area contributed by atoms with E-state index in [1.54, 1.807) is 10.9 Å². The number of hydrogen-bond acceptors (Lipinski definition) is 2. The van der Waals surface area contributed by atoms with E-state index in [1.807, 2.05) is 6.20 Å². The van der Waals surface area contributed by atoms with Gasteiger partial charge in [-0.25, -0.2) is 0 Å². The van der Waals surface area contributed by atoms with E-state index in [1.165, 1.54) is 0 Å². The van der Waals surface area contributed by atoms with Crippen molar-refractivity contribution in [3.8, 4) is 0 Å². The second-order valence-electron chi connectivity index (χ2n) is 2.53. The summed E-state index contributed by atoms with van der Waals surface area (Å²) in [6.07, 6.45) is 6.84. The Balaban J connectivity index is 2.41. The second kappa shape index (κ2) is 4.01. The number of nitrogens with one attached hydrogen (secondary N) is 1. The normalized spacial score (nSPS) is 10.5. The molecule has 61 valence electrons. The van der Waals surface area contributed by atoms with Gasteiger partial charge in [0.15, 0.2) is 0 Å². The predicted octanol–water partition coefficient (Wildman–Crippen LogP) is 1.42. The molecule has 0 aliphatic rings. The third-order valence-electron chi connectivity index (χ3n) is 1.76. The molecule has 0 saturated carbocycles. The van der Waals surface area contributed by atoms with Crippen molar-refractivity contribution in [2.75, 3.05) is 5.43 Å². The van der Waals surface area contributed by atoms with Crippen molar-refractivity contribution in [1.82, 2.24) is 9.89 Å². The van der Waals surface area contributed by atoms with Gasteiger partial charge in [0.05, 0.1) is 0 Å². The van der Waals surface area contributed by atoms with Gasteiger partial charge in [0.25, 0.3) is 0 Å². The Morgan fingerprint density at radius 1 is 1.55 bits per heavy atom. The summed E-state index contributed by atoms with van der Waals surface area (Å²) in [7, 11) is 0. The Morgan fingerprint density at radius 2 is 2.27 bits per heavy atom. The minimum atomic E-state index is 0.517. The molecule has 0 bridgehead atoms. The van der Waals surface area contributed by atoms with Crippen molar-refractivity contribution in [2.45, 2.75) is 32.7 Å². The number of hydrogen-bond donors (Lipinski definition) is 1. The minimum absolute atomic E-state index is 0.517. The lowest BCUT2D eigenvalue weighted by atomic mass is 10.2. The SMILES string of the molecule is CCC(CC)Nn1cc[c]n1. The summed E-state index contributed by atoms with van der Waals surface area (Å²) in [5, 5.41) is 3.93. The van der Waals surface area contributed by atoms with Crippen LogP contribution in [-0.4, -0.2) is 15.9 Å². The van der Waals surface area contributed by atoms with Gasteiger partial charge in [0.2, 0.25) is 0 Å². The quantitative estimate of drug-likeness (QED) is 0.707. The van der Waals surface area contributed by atoms with E-state index in [9.17, 15) is 0 Å². The lowest BCUT2D eigenvalue weighted by Gasteiger charge is -2.15. The molecule has 0 aromatic carbocycles. The van der Waals surface area contributed by atoms with Crippen LogP contribution in [-0.2, 0) is 0 Å². The van der Waals surface area contributed by atoms with E-state index in [0.29, 0.717) is 6.04 Å². The third-order valence-corrected chi connectivity index (χ3v) is 1.76. The Labute approximate surface area is 67.4 Å². The molecule has 0 saturated heterocycles. The van der Waals surface area contributed by atoms with Gasteiger partial charge in [-0.3, -0.25) is 0 Å². The van der Waals surface area contributed by atoms with Crippen LogP contribution in [0.15, 0.2) is 12.3 Å². The zero-order valence-electron chi connectivity index (χ0n) is 7.04. The summed E-state index contributed by atoms with van der Waals surface area (Å²) in [5.41, 5.74) is 3.23. The minimum Gasteiger partial charge on any atom is -0.307 e. The fraction of sp³-hybridized carbons (Fsp3) is 0.625. The topological polar surface area (TPSA) is 29.9 Å². The van der Waals surface area contributed by atoms with E-state index in [2.05, 4.69) is 30.6 Å². The largest absolute Gasteiger partial charge is 0.307 e. The maximum atomic E-state index is 3.93. The lowest BCUT2D eigenvalue weighted by molar-refractivity contribution is 0.570. The highest BCUT2D eigenvalue weighted by molar-refractivity contribution is 4.83. The van der Waals surface area contributed by atoms with Crippen molar-refractivity contribution in [3.05, 3.63) is 18.5 Å². The number of nitrogens with zero attached hydrogens (tertiary/aromatic N) is 2. The first-order valence-corrected chi connectivity index (χ1v) is 4.05. The zero-order valence-corrected chi connectivity index (χ0v) is 7.04. The highest BCUT2D eigenvalue weighted by Gasteiger charge is 2.00. The molecule has 11 heavy (non-hydrogen) atoms. The molecule has 0 spiro atoms. The molecule has 0 aliphatic carbocycles. The van der Waals surface area contributed by atoms with E-state index < -0.39 is 0 Å². The van der Waals surface area contributed by atoms with Crippen LogP contribution in [0.1, 0.15) is 26.7 Å². The molecule has 0 unspecified atom stereocenters. The molecule has 0 aliphatic heterocycles. The van der Waals surface area contributed by atoms with Crippen LogP contribution >= 0.6 is 0 Å². The summed E-state index contributed by atoms with van der Waals surface area (Å²) in [5.74, 6) is 0. The molecule has 0 amide bonds. The summed E-state index contributed by atoms with van der Waals surface area (Å²) < 4.78 is 0. The number of rotatable bonds is 4. The third kappa shape index (κ3) is 2.26. The average Bonchev–Trinajstić information content (AvgIpc) is 2.52. The standard InChI is InChI=1S/C8H14N3/c1-3-8(4-2)10-11-7-5-6-9-11/h5,7-8,10H,3-4H2,1-2H3. The highest BCUT2D eigenvalue weighted by Crippen LogP contribution is 1.97. The lowest BCUT2D eigenvalue weighted by Crippen LogP contribution is -2.26. The first-order chi connectivity index (χ1) is 5.36. The van der Waals surface area contributed by atoms with Gasteiger partial charge < -0.3 is 5.43 Å². The molecule has 1 N–H and O–H groups in total. The van der Waals surface area contributed by atoms with Gasteiger partial charge >= 0.3 is 0 Å². The Hall–Kier alpha value is -0.990. The Kier molecular flexibility index (Phi) is 2.95. The van der Waals surface area contributed by atoms with E-state index in [-0.39, 0.29) is 0 Å². The predicted molar refractivity (Wildman–Crippen MR) is 44.8 cm³/mol. The van der Waals surface area contributed by atoms with Crippen LogP contribution in [0.3, 0.4) is 0 Å². The van der Waals surface area contributed by atoms with Crippen LogP contribution in [0.5, 0.6) is 0 Å². The van der Waals surface area contributed by atoms with E-state index in [4.69, 9.17) is 0 Å². The van der Waals surface area contributed by atoms with Crippen molar-refractivity contribution in [3.63, 3.8) is 0 Å². The van der Waals surface area contributed by atoms with Gasteiger partial charge in [-0.15, -0.1) is 0 Å². The molecule has 1 radical (unpaired) electrons. The van der Waals surface area contributed by atoms with Gasteiger partial charge in [0.1, 0.15) is 6.20 Å². The number of aromatic nitrogens is 2. The molecule has 1 aromatic rings. The van der Waals surface area contributed by atoms with Crippen LogP contribution < -0.4 is 5.43 Å². The smallest absolute Gasteiger partial charge is 0.115 e. The first-order valence-electron chi connectivity index (χ1n) is 4.05. The maximum Gasteiger partial charge on any atom is 0.115 e. The average molecular weight is 152 g/mol. The fourth-order valence-corrected chi connectivity index (χ4v) is 0.963. The van der Waals surface area contributed by atoms with E-state index >= 15 is 0 Å². The van der Waals surface area contributed by atoms with Gasteiger partial charge in [0, 0.05) is 12.2 Å². The summed E-state index contributed by atoms with van der Waals surface area (Å²) in [6, 6.07) is 2.30. The van der Waals surface area contributed by atoms with Gasteiger partial charge in [-0.05, 0) is 18.9 Å². The molecule has 1 rings (SSSR count). The molecular weight excluding hydrogens is 138 g/mol. The monoisotopic (exact) mass is 152 g/mol. The first kappa shape index (κ1) is 8.11. The maximum absolute atomic E-state index is 3.93. The highest BCUT2D eigenvalue weighted by atomic mass is 15.6. The van der Waals surface area contributed by atoms with Crippen LogP contribution in [0, 0.1) is 6.20 Å². The van der Waals surface area contributed by atoms with Gasteiger partial charge in [-0.1, -0.05) is 13.8 Å². The Bertz CT molecular complexity index is 177. The van der Waals surface area contributed by atoms with Crippen LogP contribution in [0.2, 0.25) is 0 Å². The van der Waals surface area contributed by atoms with Crippen molar-refractivity contribution < 1.29 is 0 Å². The summed E-state index contributed by atoms with van der Waals surface area (Å²) >= 11 is 0. The van der Waals surface area contributed by atoms with E-state index in [0.717, 1.165) is 12.8 Å². The van der Waals surface area contributed by atoms with Gasteiger partial charge in [-0.2, -0.15) is 9.89 Å². The molecule has 1 aromatic heterocycles. The summed E-state index contributed by atoms with van der Waals surface area (Å²) in [4.78, 5) is 1.71. The molecular formula is C8H14N3. The van der Waals surface area contributed by atoms with Crippen LogP contribution in [0.4, 0.5) is 0 Å². The molecule has 3 nitrogen and oxygen atoms in total. The van der Waals surface area contributed by atoms with Crippen molar-refractivity contribution in [2.24, 2.45) is 0 Å². The van der Waals surface area contributed by atoms with Crippen LogP contribution in [0.25, 0.3) is 0 Å². The molecule has 0 atom stereocenters. The van der Waals surface area contributed by atoms with Crippen molar-refractivity contribution >= 4 is 0 Å².